The van der Waals surface area contributed by atoms with Crippen molar-refractivity contribution in [2.45, 2.75) is 39.0 Å². The Morgan fingerprint density at radius 1 is 0.917 bits per heavy atom. The van der Waals surface area contributed by atoms with E-state index in [4.69, 9.17) is 9.68 Å². The van der Waals surface area contributed by atoms with Crippen LogP contribution in [0.3, 0.4) is 0 Å². The fourth-order valence-corrected chi connectivity index (χ4v) is 1.10. The summed E-state index contributed by atoms with van der Waals surface area (Å²) < 4.78 is 0. The highest BCUT2D eigenvalue weighted by atomic mass is 16.9. The second kappa shape index (κ2) is 8.97. The first-order chi connectivity index (χ1) is 5.85. The fourth-order valence-electron chi connectivity index (χ4n) is 1.10. The minimum atomic E-state index is 0.858. The smallest absolute Gasteiger partial charge is 0.0601 e. The van der Waals surface area contributed by atoms with Crippen LogP contribution in [0.4, 0.5) is 0 Å². The Kier molecular flexibility index (Phi) is 8.88. The Hall–Kier alpha value is -0.120. The summed E-state index contributed by atoms with van der Waals surface area (Å²) in [6.45, 7) is 3.08. The van der Waals surface area contributed by atoms with Crippen molar-refractivity contribution < 1.29 is 9.68 Å². The van der Waals surface area contributed by atoms with Crippen LogP contribution in [0.2, 0.25) is 0 Å². The second-order valence-corrected chi connectivity index (χ2v) is 2.84. The van der Waals surface area contributed by atoms with Crippen molar-refractivity contribution in [3.63, 3.8) is 0 Å². The van der Waals surface area contributed by atoms with E-state index in [2.05, 4.69) is 6.92 Å². The molecule has 0 heterocycles. The molecule has 0 saturated heterocycles. The van der Waals surface area contributed by atoms with Crippen LogP contribution in [-0.4, -0.2) is 26.0 Å². The topological polar surface area (TPSA) is 21.7 Å². The predicted molar refractivity (Wildman–Crippen MR) is 49.5 cm³/mol. The van der Waals surface area contributed by atoms with E-state index in [0.29, 0.717) is 0 Å². The van der Waals surface area contributed by atoms with Gasteiger partial charge in [0.1, 0.15) is 0 Å². The van der Waals surface area contributed by atoms with Crippen LogP contribution in [-0.2, 0) is 9.68 Å². The van der Waals surface area contributed by atoms with Crippen LogP contribution < -0.4 is 0 Å². The SMILES string of the molecule is CCCCCCCN(OC)OC. The highest BCUT2D eigenvalue weighted by Gasteiger charge is 1.99. The van der Waals surface area contributed by atoms with E-state index in [-0.39, 0.29) is 0 Å². The normalized spacial score (nSPS) is 11.0. The van der Waals surface area contributed by atoms with Gasteiger partial charge in [0.25, 0.3) is 0 Å². The zero-order valence-electron chi connectivity index (χ0n) is 8.51. The number of hydrogen-bond acceptors (Lipinski definition) is 3. The van der Waals surface area contributed by atoms with Crippen LogP contribution in [0.15, 0.2) is 0 Å². The summed E-state index contributed by atoms with van der Waals surface area (Å²) >= 11 is 0. The van der Waals surface area contributed by atoms with Crippen LogP contribution in [0.25, 0.3) is 0 Å². The standard InChI is InChI=1S/C9H21NO2/c1-4-5-6-7-8-9-10(11-2)12-3/h4-9H2,1-3H3. The molecular formula is C9H21NO2. The maximum Gasteiger partial charge on any atom is 0.0601 e. The monoisotopic (exact) mass is 175 g/mol. The molecule has 0 aromatic carbocycles. The van der Waals surface area contributed by atoms with Gasteiger partial charge in [-0.15, -0.1) is 0 Å². The maximum atomic E-state index is 4.92. The molecule has 3 nitrogen and oxygen atoms in total. The number of hydroxylamine groups is 2. The van der Waals surface area contributed by atoms with E-state index in [1.54, 1.807) is 14.2 Å². The van der Waals surface area contributed by atoms with Crippen molar-refractivity contribution in [3.05, 3.63) is 0 Å². The van der Waals surface area contributed by atoms with Crippen molar-refractivity contribution in [1.82, 2.24) is 5.23 Å². The average molecular weight is 175 g/mol. The van der Waals surface area contributed by atoms with Gasteiger partial charge in [-0.05, 0) is 6.42 Å². The molecule has 0 unspecified atom stereocenters. The number of nitrogens with zero attached hydrogens (tertiary/aromatic N) is 1. The summed E-state index contributed by atoms with van der Waals surface area (Å²) in [6.07, 6.45) is 6.34. The van der Waals surface area contributed by atoms with Gasteiger partial charge in [-0.2, -0.15) is 0 Å². The molecule has 0 N–H and O–H groups in total. The van der Waals surface area contributed by atoms with Gasteiger partial charge in [-0.25, -0.2) is 0 Å². The molecule has 74 valence electrons. The van der Waals surface area contributed by atoms with E-state index >= 15 is 0 Å². The molecule has 0 aromatic rings. The first kappa shape index (κ1) is 11.9. The molecule has 0 aliphatic heterocycles. The first-order valence-electron chi connectivity index (χ1n) is 4.70. The van der Waals surface area contributed by atoms with Gasteiger partial charge in [0, 0.05) is 0 Å². The zero-order valence-corrected chi connectivity index (χ0v) is 8.51. The number of hydrogen-bond donors (Lipinski definition) is 0. The van der Waals surface area contributed by atoms with Crippen molar-refractivity contribution >= 4 is 0 Å². The molecule has 0 amide bonds. The molecule has 0 rings (SSSR count). The number of unbranched alkanes of at least 4 members (excludes halogenated alkanes) is 4. The van der Waals surface area contributed by atoms with E-state index in [1.165, 1.54) is 30.9 Å². The lowest BCUT2D eigenvalue weighted by molar-refractivity contribution is -0.342. The molecule has 0 atom stereocenters. The van der Waals surface area contributed by atoms with Gasteiger partial charge in [0.15, 0.2) is 0 Å². The summed E-state index contributed by atoms with van der Waals surface area (Å²) in [5, 5.41) is 1.51. The van der Waals surface area contributed by atoms with Crippen LogP contribution in [0.5, 0.6) is 0 Å². The molecule has 0 spiro atoms. The van der Waals surface area contributed by atoms with Crippen LogP contribution >= 0.6 is 0 Å². The summed E-state index contributed by atoms with van der Waals surface area (Å²) in [4.78, 5) is 9.83. The fraction of sp³-hybridized carbons (Fsp3) is 1.00. The van der Waals surface area contributed by atoms with Gasteiger partial charge in [0.05, 0.1) is 20.8 Å². The largest absolute Gasteiger partial charge is 0.278 e. The maximum absolute atomic E-state index is 4.92. The third-order valence-corrected chi connectivity index (χ3v) is 1.85. The Bertz CT molecular complexity index is 84.6. The molecule has 3 heteroatoms. The quantitative estimate of drug-likeness (QED) is 0.417. The van der Waals surface area contributed by atoms with Gasteiger partial charge in [0.2, 0.25) is 0 Å². The lowest BCUT2D eigenvalue weighted by Crippen LogP contribution is -2.21. The summed E-state index contributed by atoms with van der Waals surface area (Å²) in [6, 6.07) is 0. The first-order valence-corrected chi connectivity index (χ1v) is 4.70. The van der Waals surface area contributed by atoms with Crippen molar-refractivity contribution in [1.29, 1.82) is 0 Å². The van der Waals surface area contributed by atoms with Crippen LogP contribution in [0, 0.1) is 0 Å². The Morgan fingerprint density at radius 2 is 1.50 bits per heavy atom. The Balaban J connectivity index is 3.06. The van der Waals surface area contributed by atoms with Gasteiger partial charge in [-0.3, -0.25) is 9.68 Å². The van der Waals surface area contributed by atoms with Crippen molar-refractivity contribution in [2.75, 3.05) is 20.8 Å². The summed E-state index contributed by atoms with van der Waals surface area (Å²) in [7, 11) is 3.24. The minimum Gasteiger partial charge on any atom is -0.278 e. The molecular weight excluding hydrogens is 154 g/mol. The van der Waals surface area contributed by atoms with E-state index in [9.17, 15) is 0 Å². The molecule has 0 aromatic heterocycles. The average Bonchev–Trinajstić information content (AvgIpc) is 2.11. The third-order valence-electron chi connectivity index (χ3n) is 1.85. The van der Waals surface area contributed by atoms with Gasteiger partial charge >= 0.3 is 0 Å². The lowest BCUT2D eigenvalue weighted by Gasteiger charge is -2.15. The molecule has 0 bridgehead atoms. The molecule has 0 aliphatic carbocycles. The van der Waals surface area contributed by atoms with E-state index in [1.807, 2.05) is 0 Å². The Labute approximate surface area is 75.6 Å². The lowest BCUT2D eigenvalue weighted by atomic mass is 10.2. The summed E-state index contributed by atoms with van der Waals surface area (Å²) in [5.74, 6) is 0. The van der Waals surface area contributed by atoms with E-state index < -0.39 is 0 Å². The molecule has 0 radical (unpaired) electrons. The van der Waals surface area contributed by atoms with Crippen molar-refractivity contribution in [3.8, 4) is 0 Å². The molecule has 0 aliphatic rings. The molecule has 12 heavy (non-hydrogen) atoms. The highest BCUT2D eigenvalue weighted by molar-refractivity contribution is 4.42. The summed E-state index contributed by atoms with van der Waals surface area (Å²) in [5.41, 5.74) is 0. The second-order valence-electron chi connectivity index (χ2n) is 2.84. The minimum absolute atomic E-state index is 0.858. The molecule has 0 saturated carbocycles. The van der Waals surface area contributed by atoms with Gasteiger partial charge in [-0.1, -0.05) is 37.8 Å². The number of rotatable bonds is 8. The predicted octanol–water partition coefficient (Wildman–Crippen LogP) is 2.38. The van der Waals surface area contributed by atoms with E-state index in [0.717, 1.165) is 13.0 Å². The zero-order chi connectivity index (χ0) is 9.23. The van der Waals surface area contributed by atoms with Crippen molar-refractivity contribution in [2.24, 2.45) is 0 Å². The third kappa shape index (κ3) is 6.58. The highest BCUT2D eigenvalue weighted by Crippen LogP contribution is 2.03. The Morgan fingerprint density at radius 3 is 2.00 bits per heavy atom. The molecule has 0 fully saturated rings. The van der Waals surface area contributed by atoms with Gasteiger partial charge < -0.3 is 0 Å². The van der Waals surface area contributed by atoms with Crippen LogP contribution in [0.1, 0.15) is 39.0 Å².